The number of hydrogen-bond donors (Lipinski definition) is 0. The first-order chi connectivity index (χ1) is 25.8. The molecule has 10 nitrogen and oxygen atoms in total. The van der Waals surface area contributed by atoms with E-state index in [2.05, 4.69) is 38.1 Å². The standard InChI is InChI=1S/C42H62O10/c1-3-5-7-9-11-33-35-29-39-41(51-27-23-47-19-15-43-13-17-45-21-25-49-39)31-37(35)34(12-10-8-6-4-2)38-32-42-40(30-36(33)38)50-26-22-46-18-14-44-16-20-48-24-28-52-42/h29-32H,3-28H2,1-2H3. The van der Waals surface area contributed by atoms with Crippen LogP contribution in [0.15, 0.2) is 24.3 Å². The van der Waals surface area contributed by atoms with Crippen LogP contribution in [0.1, 0.15) is 76.3 Å². The van der Waals surface area contributed by atoms with Gasteiger partial charge in [0.15, 0.2) is 23.0 Å². The maximum atomic E-state index is 6.42. The van der Waals surface area contributed by atoms with Gasteiger partial charge in [0, 0.05) is 0 Å². The molecular weight excluding hydrogens is 664 g/mol. The number of ether oxygens (including phenoxy) is 10. The van der Waals surface area contributed by atoms with Crippen molar-refractivity contribution in [1.29, 1.82) is 0 Å². The number of hydrogen-bond acceptors (Lipinski definition) is 10. The van der Waals surface area contributed by atoms with Crippen LogP contribution in [0.3, 0.4) is 0 Å². The van der Waals surface area contributed by atoms with Gasteiger partial charge >= 0.3 is 0 Å². The first-order valence-electron chi connectivity index (χ1n) is 19.9. The minimum atomic E-state index is 0.415. The summed E-state index contributed by atoms with van der Waals surface area (Å²) in [6.07, 6.45) is 11.2. The van der Waals surface area contributed by atoms with Crippen LogP contribution in [0.2, 0.25) is 0 Å². The Bertz CT molecular complexity index is 1260. The molecule has 2 aliphatic heterocycles. The molecule has 0 saturated carbocycles. The summed E-state index contributed by atoms with van der Waals surface area (Å²) in [7, 11) is 0. The fourth-order valence-corrected chi connectivity index (χ4v) is 6.78. The van der Waals surface area contributed by atoms with E-state index < -0.39 is 0 Å². The summed E-state index contributed by atoms with van der Waals surface area (Å²) in [6.45, 7) is 12.2. The van der Waals surface area contributed by atoms with Crippen molar-refractivity contribution in [3.63, 3.8) is 0 Å². The summed E-state index contributed by atoms with van der Waals surface area (Å²) >= 11 is 0. The van der Waals surface area contributed by atoms with Crippen LogP contribution < -0.4 is 18.9 Å². The van der Waals surface area contributed by atoms with E-state index in [0.717, 1.165) is 48.7 Å². The summed E-state index contributed by atoms with van der Waals surface area (Å²) in [5.74, 6) is 2.90. The van der Waals surface area contributed by atoms with Gasteiger partial charge in [-0.2, -0.15) is 0 Å². The smallest absolute Gasteiger partial charge is 0.161 e. The zero-order valence-electron chi connectivity index (χ0n) is 31.8. The Balaban J connectivity index is 1.63. The highest BCUT2D eigenvalue weighted by molar-refractivity contribution is 6.08. The Morgan fingerprint density at radius 3 is 0.827 bits per heavy atom. The van der Waals surface area contributed by atoms with Crippen molar-refractivity contribution in [3.05, 3.63) is 35.4 Å². The van der Waals surface area contributed by atoms with Gasteiger partial charge in [0.1, 0.15) is 26.4 Å². The number of rotatable bonds is 10. The van der Waals surface area contributed by atoms with Crippen molar-refractivity contribution in [2.24, 2.45) is 0 Å². The Labute approximate surface area is 310 Å². The van der Waals surface area contributed by atoms with Crippen molar-refractivity contribution >= 4 is 21.5 Å². The average Bonchev–Trinajstić information content (AvgIpc) is 3.17. The first-order valence-corrected chi connectivity index (χ1v) is 19.9. The predicted molar refractivity (Wildman–Crippen MR) is 204 cm³/mol. The molecule has 0 saturated heterocycles. The van der Waals surface area contributed by atoms with E-state index in [0.29, 0.717) is 106 Å². The molecule has 0 fully saturated rings. The quantitative estimate of drug-likeness (QED) is 0.152. The van der Waals surface area contributed by atoms with E-state index in [1.807, 2.05) is 0 Å². The number of unbranched alkanes of at least 4 members (excludes halogenated alkanes) is 6. The van der Waals surface area contributed by atoms with Crippen molar-refractivity contribution < 1.29 is 47.4 Å². The zero-order valence-corrected chi connectivity index (χ0v) is 31.8. The van der Waals surface area contributed by atoms with Gasteiger partial charge in [0.25, 0.3) is 0 Å². The third-order valence-corrected chi connectivity index (χ3v) is 9.46. The van der Waals surface area contributed by atoms with Crippen molar-refractivity contribution in [2.45, 2.75) is 78.1 Å². The molecule has 0 spiro atoms. The van der Waals surface area contributed by atoms with E-state index in [1.165, 1.54) is 71.2 Å². The largest absolute Gasteiger partial charge is 0.487 e. The molecule has 0 unspecified atom stereocenters. The second kappa shape index (κ2) is 23.7. The van der Waals surface area contributed by atoms with Crippen molar-refractivity contribution in [1.82, 2.24) is 0 Å². The lowest BCUT2D eigenvalue weighted by molar-refractivity contribution is 0.00708. The van der Waals surface area contributed by atoms with Gasteiger partial charge in [-0.1, -0.05) is 52.4 Å². The number of fused-ring (bicyclic) bond motifs is 4. The molecule has 0 amide bonds. The van der Waals surface area contributed by atoms with Gasteiger partial charge in [-0.15, -0.1) is 0 Å². The molecule has 0 N–H and O–H groups in total. The molecule has 290 valence electrons. The van der Waals surface area contributed by atoms with Gasteiger partial charge in [0.05, 0.1) is 79.3 Å². The first kappa shape index (κ1) is 40.3. The van der Waals surface area contributed by atoms with Crippen LogP contribution in [-0.4, -0.2) is 106 Å². The van der Waals surface area contributed by atoms with Gasteiger partial charge in [-0.25, -0.2) is 0 Å². The second-order valence-corrected chi connectivity index (χ2v) is 13.3. The summed E-state index contributed by atoms with van der Waals surface area (Å²) in [5.41, 5.74) is 2.60. The van der Waals surface area contributed by atoms with E-state index in [4.69, 9.17) is 47.4 Å². The summed E-state index contributed by atoms with van der Waals surface area (Å²) in [4.78, 5) is 0. The Morgan fingerprint density at radius 2 is 0.577 bits per heavy atom. The monoisotopic (exact) mass is 726 g/mol. The topological polar surface area (TPSA) is 92.3 Å². The fraction of sp³-hybridized carbons (Fsp3) is 0.667. The van der Waals surface area contributed by atoms with E-state index in [9.17, 15) is 0 Å². The molecule has 0 radical (unpaired) electrons. The van der Waals surface area contributed by atoms with Crippen LogP contribution in [-0.2, 0) is 41.3 Å². The highest BCUT2D eigenvalue weighted by atomic mass is 16.6. The Kier molecular flexibility index (Phi) is 18.4. The van der Waals surface area contributed by atoms with Crippen LogP contribution in [0, 0.1) is 0 Å². The minimum Gasteiger partial charge on any atom is -0.487 e. The Hall–Kier alpha value is -2.86. The fourth-order valence-electron chi connectivity index (χ4n) is 6.78. The van der Waals surface area contributed by atoms with Gasteiger partial charge in [0.2, 0.25) is 0 Å². The lowest BCUT2D eigenvalue weighted by Crippen LogP contribution is -2.13. The van der Waals surface area contributed by atoms with Gasteiger partial charge in [-0.05, 0) is 82.6 Å². The molecule has 2 aliphatic rings. The molecule has 0 bridgehead atoms. The van der Waals surface area contributed by atoms with Crippen LogP contribution >= 0.6 is 0 Å². The molecule has 52 heavy (non-hydrogen) atoms. The van der Waals surface area contributed by atoms with Gasteiger partial charge in [-0.3, -0.25) is 0 Å². The highest BCUT2D eigenvalue weighted by Crippen LogP contribution is 2.44. The van der Waals surface area contributed by atoms with Gasteiger partial charge < -0.3 is 47.4 Å². The van der Waals surface area contributed by atoms with Crippen LogP contribution in [0.4, 0.5) is 0 Å². The molecular formula is C42H62O10. The lowest BCUT2D eigenvalue weighted by Gasteiger charge is -2.22. The normalized spacial score (nSPS) is 17.9. The summed E-state index contributed by atoms with van der Waals surface area (Å²) < 4.78 is 60.1. The average molecular weight is 727 g/mol. The summed E-state index contributed by atoms with van der Waals surface area (Å²) in [6, 6.07) is 8.82. The molecule has 0 aliphatic carbocycles. The van der Waals surface area contributed by atoms with Crippen LogP contribution in [0.25, 0.3) is 21.5 Å². The lowest BCUT2D eigenvalue weighted by atomic mass is 9.86. The maximum Gasteiger partial charge on any atom is 0.161 e. The molecule has 3 aromatic rings. The zero-order chi connectivity index (χ0) is 36.1. The molecule has 10 heteroatoms. The molecule has 0 aromatic heterocycles. The summed E-state index contributed by atoms with van der Waals surface area (Å²) in [5, 5.41) is 4.82. The molecule has 0 atom stereocenters. The van der Waals surface area contributed by atoms with E-state index in [-0.39, 0.29) is 0 Å². The van der Waals surface area contributed by atoms with E-state index >= 15 is 0 Å². The molecule has 3 aromatic carbocycles. The SMILES string of the molecule is CCCCCCc1c2cc3c(cc2c(CCCCCC)c2cc4c(cc12)OCCOCCOCCOCCO4)OCCOCCOCCOCCO3. The third kappa shape index (κ3) is 12.6. The highest BCUT2D eigenvalue weighted by Gasteiger charge is 2.21. The minimum absolute atomic E-state index is 0.415. The third-order valence-electron chi connectivity index (χ3n) is 9.46. The molecule has 2 heterocycles. The number of benzene rings is 3. The van der Waals surface area contributed by atoms with E-state index in [1.54, 1.807) is 0 Å². The molecule has 5 rings (SSSR count). The number of aryl methyl sites for hydroxylation is 2. The van der Waals surface area contributed by atoms with Crippen LogP contribution in [0.5, 0.6) is 23.0 Å². The second-order valence-electron chi connectivity index (χ2n) is 13.3. The maximum absolute atomic E-state index is 6.42. The van der Waals surface area contributed by atoms with Crippen molar-refractivity contribution in [3.8, 4) is 23.0 Å². The predicted octanol–water partition coefficient (Wildman–Crippen LogP) is 7.88. The Morgan fingerprint density at radius 1 is 0.327 bits per heavy atom. The van der Waals surface area contributed by atoms with Crippen molar-refractivity contribution in [2.75, 3.05) is 106 Å².